The van der Waals surface area contributed by atoms with Gasteiger partial charge in [-0.3, -0.25) is 0 Å². The molecule has 2 rings (SSSR count). The number of carbonyl (C=O) groups excluding carboxylic acids is 2. The molecule has 2 fully saturated rings. The van der Waals surface area contributed by atoms with Gasteiger partial charge in [0.1, 0.15) is 0 Å². The third-order valence-corrected chi connectivity index (χ3v) is 2.47. The molecule has 0 spiro atoms. The molecule has 4 heteroatoms. The highest BCUT2D eigenvalue weighted by Gasteiger charge is 2.34. The number of rotatable bonds is 3. The van der Waals surface area contributed by atoms with Crippen molar-refractivity contribution in [3.8, 4) is 0 Å². The molecular weight excluding hydrogens is 184 g/mol. The number of esters is 2. The molecule has 1 saturated heterocycles. The summed E-state index contributed by atoms with van der Waals surface area (Å²) >= 11 is 0. The molecule has 1 aliphatic carbocycles. The molecule has 0 N–H and O–H groups in total. The molecule has 0 bridgehead atoms. The SMILES string of the molecule is C=C(C(=O)OC1CCOC1=O)C1CC1. The Balaban J connectivity index is 1.87. The fourth-order valence-electron chi connectivity index (χ4n) is 1.39. The predicted octanol–water partition coefficient (Wildman–Crippen LogP) is 0.811. The van der Waals surface area contributed by atoms with Crippen LogP contribution in [0.1, 0.15) is 19.3 Å². The normalized spacial score (nSPS) is 25.7. The van der Waals surface area contributed by atoms with Gasteiger partial charge in [-0.05, 0) is 18.8 Å². The van der Waals surface area contributed by atoms with Crippen molar-refractivity contribution < 1.29 is 19.1 Å². The Bertz CT molecular complexity index is 290. The second-order valence-corrected chi connectivity index (χ2v) is 3.65. The smallest absolute Gasteiger partial charge is 0.347 e. The van der Waals surface area contributed by atoms with Crippen LogP contribution in [0.3, 0.4) is 0 Å². The van der Waals surface area contributed by atoms with Crippen LogP contribution in [-0.2, 0) is 19.1 Å². The second kappa shape index (κ2) is 3.44. The zero-order chi connectivity index (χ0) is 10.1. The van der Waals surface area contributed by atoms with Crippen molar-refractivity contribution in [3.05, 3.63) is 12.2 Å². The predicted molar refractivity (Wildman–Crippen MR) is 47.3 cm³/mol. The zero-order valence-electron chi connectivity index (χ0n) is 7.82. The lowest BCUT2D eigenvalue weighted by Gasteiger charge is -2.08. The Hall–Kier alpha value is -1.32. The lowest BCUT2D eigenvalue weighted by molar-refractivity contribution is -0.157. The third kappa shape index (κ3) is 1.78. The second-order valence-electron chi connectivity index (χ2n) is 3.65. The number of hydrogen-bond donors (Lipinski definition) is 0. The Kier molecular flexibility index (Phi) is 2.27. The minimum absolute atomic E-state index is 0.278. The topological polar surface area (TPSA) is 52.6 Å². The van der Waals surface area contributed by atoms with Crippen molar-refractivity contribution >= 4 is 11.9 Å². The number of carbonyl (C=O) groups is 2. The molecule has 0 amide bonds. The van der Waals surface area contributed by atoms with Gasteiger partial charge in [0.2, 0.25) is 6.10 Å². The van der Waals surface area contributed by atoms with Gasteiger partial charge in [-0.1, -0.05) is 6.58 Å². The van der Waals surface area contributed by atoms with Gasteiger partial charge >= 0.3 is 11.9 Å². The first-order chi connectivity index (χ1) is 6.68. The van der Waals surface area contributed by atoms with Crippen LogP contribution in [-0.4, -0.2) is 24.6 Å². The minimum atomic E-state index is -0.710. The van der Waals surface area contributed by atoms with Crippen molar-refractivity contribution in [2.45, 2.75) is 25.4 Å². The van der Waals surface area contributed by atoms with Crippen LogP contribution in [0, 0.1) is 5.92 Å². The lowest BCUT2D eigenvalue weighted by atomic mass is 10.2. The summed E-state index contributed by atoms with van der Waals surface area (Å²) < 4.78 is 9.65. The first kappa shape index (κ1) is 9.24. The largest absolute Gasteiger partial charge is 0.463 e. The fourth-order valence-corrected chi connectivity index (χ4v) is 1.39. The van der Waals surface area contributed by atoms with Crippen LogP contribution in [0.2, 0.25) is 0 Å². The van der Waals surface area contributed by atoms with Crippen LogP contribution < -0.4 is 0 Å². The van der Waals surface area contributed by atoms with Gasteiger partial charge in [0.05, 0.1) is 6.61 Å². The molecule has 76 valence electrons. The van der Waals surface area contributed by atoms with Crippen molar-refractivity contribution in [1.29, 1.82) is 0 Å². The van der Waals surface area contributed by atoms with Crippen LogP contribution in [0.15, 0.2) is 12.2 Å². The summed E-state index contributed by atoms with van der Waals surface area (Å²) in [7, 11) is 0. The van der Waals surface area contributed by atoms with E-state index in [9.17, 15) is 9.59 Å². The summed E-state index contributed by atoms with van der Waals surface area (Å²) in [4.78, 5) is 22.4. The molecule has 1 heterocycles. The number of ether oxygens (including phenoxy) is 2. The fraction of sp³-hybridized carbons (Fsp3) is 0.600. The molecule has 2 aliphatic rings. The van der Waals surface area contributed by atoms with Gasteiger partial charge in [-0.2, -0.15) is 0 Å². The first-order valence-corrected chi connectivity index (χ1v) is 4.75. The van der Waals surface area contributed by atoms with Gasteiger partial charge in [-0.15, -0.1) is 0 Å². The van der Waals surface area contributed by atoms with E-state index in [0.29, 0.717) is 18.6 Å². The van der Waals surface area contributed by atoms with Crippen LogP contribution in [0.4, 0.5) is 0 Å². The van der Waals surface area contributed by atoms with Gasteiger partial charge in [0.15, 0.2) is 0 Å². The van der Waals surface area contributed by atoms with Crippen LogP contribution >= 0.6 is 0 Å². The van der Waals surface area contributed by atoms with Crippen LogP contribution in [0.25, 0.3) is 0 Å². The Morgan fingerprint density at radius 3 is 2.64 bits per heavy atom. The lowest BCUT2D eigenvalue weighted by Crippen LogP contribution is -2.23. The third-order valence-electron chi connectivity index (χ3n) is 2.47. The maximum atomic E-state index is 11.4. The summed E-state index contributed by atoms with van der Waals surface area (Å²) in [6.45, 7) is 4.00. The Labute approximate surface area is 81.9 Å². The van der Waals surface area contributed by atoms with E-state index in [1.165, 1.54) is 0 Å². The zero-order valence-corrected chi connectivity index (χ0v) is 7.82. The maximum absolute atomic E-state index is 11.4. The molecule has 1 aliphatic heterocycles. The minimum Gasteiger partial charge on any atom is -0.463 e. The molecular formula is C10H12O4. The van der Waals surface area contributed by atoms with Crippen molar-refractivity contribution in [1.82, 2.24) is 0 Å². The summed E-state index contributed by atoms with van der Waals surface area (Å²) in [5.41, 5.74) is 0.490. The molecule has 1 saturated carbocycles. The van der Waals surface area contributed by atoms with E-state index < -0.39 is 18.0 Å². The number of cyclic esters (lactones) is 1. The molecule has 0 aromatic rings. The standard InChI is InChI=1S/C10H12O4/c1-6(7-2-3-7)9(11)14-8-4-5-13-10(8)12/h7-8H,1-5H2. The summed E-state index contributed by atoms with van der Waals surface area (Å²) in [6.07, 6.45) is 1.76. The highest BCUT2D eigenvalue weighted by Crippen LogP contribution is 2.36. The number of hydrogen-bond acceptors (Lipinski definition) is 4. The summed E-state index contributed by atoms with van der Waals surface area (Å²) in [6, 6.07) is 0. The monoisotopic (exact) mass is 196 g/mol. The van der Waals surface area contributed by atoms with E-state index in [4.69, 9.17) is 4.74 Å². The average molecular weight is 196 g/mol. The molecule has 4 nitrogen and oxygen atoms in total. The van der Waals surface area contributed by atoms with Gasteiger partial charge in [0, 0.05) is 12.0 Å². The van der Waals surface area contributed by atoms with Crippen molar-refractivity contribution in [2.75, 3.05) is 6.61 Å². The van der Waals surface area contributed by atoms with E-state index in [1.807, 2.05) is 0 Å². The van der Waals surface area contributed by atoms with E-state index in [2.05, 4.69) is 11.3 Å². The first-order valence-electron chi connectivity index (χ1n) is 4.75. The molecule has 14 heavy (non-hydrogen) atoms. The Morgan fingerprint density at radius 1 is 1.43 bits per heavy atom. The van der Waals surface area contributed by atoms with Gasteiger partial charge in [0.25, 0.3) is 0 Å². The highest BCUT2D eigenvalue weighted by atomic mass is 16.6. The summed E-state index contributed by atoms with van der Waals surface area (Å²) in [5.74, 6) is -0.613. The van der Waals surface area contributed by atoms with Gasteiger partial charge in [-0.25, -0.2) is 9.59 Å². The van der Waals surface area contributed by atoms with E-state index >= 15 is 0 Å². The molecule has 1 unspecified atom stereocenters. The molecule has 0 aromatic carbocycles. The quantitative estimate of drug-likeness (QED) is 0.495. The van der Waals surface area contributed by atoms with Crippen LogP contribution in [0.5, 0.6) is 0 Å². The molecule has 1 atom stereocenters. The summed E-state index contributed by atoms with van der Waals surface area (Å²) in [5, 5.41) is 0. The average Bonchev–Trinajstić information content (AvgIpc) is 2.92. The maximum Gasteiger partial charge on any atom is 0.347 e. The molecule has 0 aromatic heterocycles. The Morgan fingerprint density at radius 2 is 2.14 bits per heavy atom. The molecule has 0 radical (unpaired) electrons. The van der Waals surface area contributed by atoms with Crippen molar-refractivity contribution in [2.24, 2.45) is 5.92 Å². The highest BCUT2D eigenvalue weighted by molar-refractivity contribution is 5.91. The van der Waals surface area contributed by atoms with Crippen molar-refractivity contribution in [3.63, 3.8) is 0 Å². The van der Waals surface area contributed by atoms with E-state index in [0.717, 1.165) is 12.8 Å². The van der Waals surface area contributed by atoms with E-state index in [1.54, 1.807) is 0 Å². The van der Waals surface area contributed by atoms with Gasteiger partial charge < -0.3 is 9.47 Å². The van der Waals surface area contributed by atoms with E-state index in [-0.39, 0.29) is 5.92 Å².